The standard InChI is InChI=1S/C12H8BrClF2S/c1-6-2-3-11(17-6)12(14)7-4-10(16)8(13)5-9(7)15/h2-5,12H,1H3. The van der Waals surface area contributed by atoms with Gasteiger partial charge in [-0.05, 0) is 47.1 Å². The van der Waals surface area contributed by atoms with Crippen LogP contribution < -0.4 is 0 Å². The number of hydrogen-bond acceptors (Lipinski definition) is 1. The summed E-state index contributed by atoms with van der Waals surface area (Å²) in [4.78, 5) is 1.90. The van der Waals surface area contributed by atoms with Crippen molar-refractivity contribution in [1.82, 2.24) is 0 Å². The van der Waals surface area contributed by atoms with Gasteiger partial charge in [-0.15, -0.1) is 22.9 Å². The van der Waals surface area contributed by atoms with E-state index in [0.717, 1.165) is 21.9 Å². The Morgan fingerprint density at radius 1 is 1.24 bits per heavy atom. The van der Waals surface area contributed by atoms with Gasteiger partial charge in [0.2, 0.25) is 0 Å². The molecule has 0 bridgehead atoms. The van der Waals surface area contributed by atoms with E-state index in [1.807, 2.05) is 19.1 Å². The average Bonchev–Trinajstić information content (AvgIpc) is 2.69. The first-order valence-corrected chi connectivity index (χ1v) is 6.88. The summed E-state index contributed by atoms with van der Waals surface area (Å²) in [7, 11) is 0. The average molecular weight is 338 g/mol. The molecule has 0 nitrogen and oxygen atoms in total. The smallest absolute Gasteiger partial charge is 0.137 e. The lowest BCUT2D eigenvalue weighted by molar-refractivity contribution is 0.582. The van der Waals surface area contributed by atoms with Crippen LogP contribution in [0.4, 0.5) is 8.78 Å². The SMILES string of the molecule is Cc1ccc(C(Cl)c2cc(F)c(Br)cc2F)s1. The highest BCUT2D eigenvalue weighted by atomic mass is 79.9. The van der Waals surface area contributed by atoms with Crippen molar-refractivity contribution in [2.75, 3.05) is 0 Å². The van der Waals surface area contributed by atoms with Crippen molar-refractivity contribution in [1.29, 1.82) is 0 Å². The van der Waals surface area contributed by atoms with E-state index in [-0.39, 0.29) is 10.0 Å². The highest BCUT2D eigenvalue weighted by Crippen LogP contribution is 2.36. The summed E-state index contributed by atoms with van der Waals surface area (Å²) in [5, 5.41) is -0.656. The maximum absolute atomic E-state index is 13.7. The molecule has 0 amide bonds. The fraction of sp³-hybridized carbons (Fsp3) is 0.167. The second kappa shape index (κ2) is 5.04. The lowest BCUT2D eigenvalue weighted by Gasteiger charge is -2.10. The van der Waals surface area contributed by atoms with E-state index in [2.05, 4.69) is 15.9 Å². The molecule has 0 spiro atoms. The third kappa shape index (κ3) is 2.69. The minimum atomic E-state index is -0.656. The first-order valence-electron chi connectivity index (χ1n) is 4.84. The molecule has 2 aromatic rings. The van der Waals surface area contributed by atoms with E-state index in [9.17, 15) is 8.78 Å². The van der Waals surface area contributed by atoms with E-state index in [0.29, 0.717) is 0 Å². The summed E-state index contributed by atoms with van der Waals surface area (Å²) >= 11 is 10.6. The molecule has 90 valence electrons. The predicted molar refractivity (Wildman–Crippen MR) is 70.8 cm³/mol. The van der Waals surface area contributed by atoms with Gasteiger partial charge < -0.3 is 0 Å². The Bertz CT molecular complexity index is 553. The Morgan fingerprint density at radius 2 is 1.94 bits per heavy atom. The zero-order chi connectivity index (χ0) is 12.6. The quantitative estimate of drug-likeness (QED) is 0.506. The van der Waals surface area contributed by atoms with E-state index < -0.39 is 17.0 Å². The van der Waals surface area contributed by atoms with Crippen LogP contribution in [0.25, 0.3) is 0 Å². The van der Waals surface area contributed by atoms with Gasteiger partial charge in [0, 0.05) is 15.3 Å². The van der Waals surface area contributed by atoms with Crippen molar-refractivity contribution < 1.29 is 8.78 Å². The molecule has 1 atom stereocenters. The van der Waals surface area contributed by atoms with Gasteiger partial charge in [0.05, 0.1) is 9.85 Å². The molecule has 1 aromatic heterocycles. The van der Waals surface area contributed by atoms with E-state index in [1.54, 1.807) is 0 Å². The molecule has 0 saturated heterocycles. The first kappa shape index (κ1) is 13.0. The van der Waals surface area contributed by atoms with Crippen molar-refractivity contribution in [3.05, 3.63) is 55.7 Å². The second-order valence-electron chi connectivity index (χ2n) is 3.60. The summed E-state index contributed by atoms with van der Waals surface area (Å²) in [6.45, 7) is 1.94. The number of halogens is 4. The monoisotopic (exact) mass is 336 g/mol. The zero-order valence-corrected chi connectivity index (χ0v) is 12.0. The van der Waals surface area contributed by atoms with Gasteiger partial charge in [0.25, 0.3) is 0 Å². The number of thiophene rings is 1. The van der Waals surface area contributed by atoms with Gasteiger partial charge in [-0.3, -0.25) is 0 Å². The predicted octanol–water partition coefficient (Wildman–Crippen LogP) is 5.43. The Hall–Kier alpha value is -0.450. The number of alkyl halides is 1. The van der Waals surface area contributed by atoms with Crippen LogP contribution >= 0.6 is 38.9 Å². The molecule has 0 aliphatic heterocycles. The summed E-state index contributed by atoms with van der Waals surface area (Å²) in [6, 6.07) is 5.96. The summed E-state index contributed by atoms with van der Waals surface area (Å²) in [5.41, 5.74) is 0.161. The number of aryl methyl sites for hydroxylation is 1. The molecule has 0 aliphatic carbocycles. The lowest BCUT2D eigenvalue weighted by atomic mass is 10.1. The topological polar surface area (TPSA) is 0 Å². The van der Waals surface area contributed by atoms with Gasteiger partial charge in [-0.1, -0.05) is 0 Å². The first-order chi connectivity index (χ1) is 7.99. The molecule has 0 aliphatic rings. The maximum atomic E-state index is 13.7. The van der Waals surface area contributed by atoms with Crippen molar-refractivity contribution in [3.63, 3.8) is 0 Å². The van der Waals surface area contributed by atoms with Crippen LogP contribution in [0.1, 0.15) is 20.7 Å². The molecule has 0 fully saturated rings. The number of hydrogen-bond donors (Lipinski definition) is 0. The molecular formula is C12H8BrClF2S. The van der Waals surface area contributed by atoms with Crippen LogP contribution in [0.15, 0.2) is 28.7 Å². The normalized spacial score (nSPS) is 12.8. The number of rotatable bonds is 2. The van der Waals surface area contributed by atoms with Gasteiger partial charge in [0.1, 0.15) is 11.6 Å². The molecule has 0 N–H and O–H groups in total. The van der Waals surface area contributed by atoms with Crippen molar-refractivity contribution in [2.45, 2.75) is 12.3 Å². The highest BCUT2D eigenvalue weighted by Gasteiger charge is 2.19. The molecular weight excluding hydrogens is 330 g/mol. The van der Waals surface area contributed by atoms with Gasteiger partial charge >= 0.3 is 0 Å². The van der Waals surface area contributed by atoms with Crippen molar-refractivity contribution in [3.8, 4) is 0 Å². The van der Waals surface area contributed by atoms with Gasteiger partial charge in [0.15, 0.2) is 0 Å². The fourth-order valence-electron chi connectivity index (χ4n) is 1.48. The zero-order valence-electron chi connectivity index (χ0n) is 8.81. The minimum absolute atomic E-state index is 0.102. The molecule has 1 unspecified atom stereocenters. The molecule has 0 saturated carbocycles. The molecule has 1 heterocycles. The van der Waals surface area contributed by atoms with Crippen LogP contribution in [0.5, 0.6) is 0 Å². The summed E-state index contributed by atoms with van der Waals surface area (Å²) < 4.78 is 27.2. The second-order valence-corrected chi connectivity index (χ2v) is 6.21. The number of benzene rings is 1. The van der Waals surface area contributed by atoms with Crippen LogP contribution in [0.3, 0.4) is 0 Å². The molecule has 2 rings (SSSR count). The largest absolute Gasteiger partial charge is 0.207 e. The summed E-state index contributed by atoms with van der Waals surface area (Å²) in [5.74, 6) is -1.02. The van der Waals surface area contributed by atoms with Crippen molar-refractivity contribution in [2.24, 2.45) is 0 Å². The molecule has 1 aromatic carbocycles. The molecule has 0 radical (unpaired) electrons. The minimum Gasteiger partial charge on any atom is -0.207 e. The third-order valence-corrected chi connectivity index (χ3v) is 4.60. The Labute approximate surface area is 115 Å². The van der Waals surface area contributed by atoms with Gasteiger partial charge in [-0.25, -0.2) is 8.78 Å². The van der Waals surface area contributed by atoms with E-state index in [1.165, 1.54) is 11.3 Å². The fourth-order valence-corrected chi connectivity index (χ4v) is 3.04. The van der Waals surface area contributed by atoms with Crippen LogP contribution in [-0.4, -0.2) is 0 Å². The highest BCUT2D eigenvalue weighted by molar-refractivity contribution is 9.10. The Balaban J connectivity index is 2.43. The lowest BCUT2D eigenvalue weighted by Crippen LogP contribution is -1.97. The van der Waals surface area contributed by atoms with E-state index in [4.69, 9.17) is 11.6 Å². The third-order valence-electron chi connectivity index (χ3n) is 2.32. The Morgan fingerprint density at radius 3 is 2.53 bits per heavy atom. The van der Waals surface area contributed by atoms with E-state index >= 15 is 0 Å². The Kier molecular flexibility index (Phi) is 3.85. The van der Waals surface area contributed by atoms with Crippen LogP contribution in [-0.2, 0) is 0 Å². The summed E-state index contributed by atoms with van der Waals surface area (Å²) in [6.07, 6.45) is 0. The van der Waals surface area contributed by atoms with Crippen LogP contribution in [0.2, 0.25) is 0 Å². The molecule has 17 heavy (non-hydrogen) atoms. The van der Waals surface area contributed by atoms with Gasteiger partial charge in [-0.2, -0.15) is 0 Å². The maximum Gasteiger partial charge on any atom is 0.137 e. The van der Waals surface area contributed by atoms with Crippen LogP contribution in [0, 0.1) is 18.6 Å². The molecule has 5 heteroatoms. The van der Waals surface area contributed by atoms with Crippen molar-refractivity contribution >= 4 is 38.9 Å².